The Labute approximate surface area is 107 Å². The summed E-state index contributed by atoms with van der Waals surface area (Å²) in [4.78, 5) is 0. The Morgan fingerprint density at radius 2 is 2.00 bits per heavy atom. The highest BCUT2D eigenvalue weighted by Crippen LogP contribution is 2.27. The maximum atomic E-state index is 9.78. The molecule has 0 aromatic heterocycles. The fraction of sp³-hybridized carbons (Fsp3) is 0.455. The van der Waals surface area contributed by atoms with E-state index in [-0.39, 0.29) is 6.04 Å². The molecule has 0 amide bonds. The van der Waals surface area contributed by atoms with Gasteiger partial charge in [0.25, 0.3) is 0 Å². The van der Waals surface area contributed by atoms with Crippen LogP contribution in [0.1, 0.15) is 31.4 Å². The molecule has 2 atom stereocenters. The predicted molar refractivity (Wildman–Crippen MR) is 69.7 cm³/mol. The molecule has 0 aliphatic carbocycles. The van der Waals surface area contributed by atoms with Crippen molar-refractivity contribution >= 4 is 31.9 Å². The molecule has 0 bridgehead atoms. The van der Waals surface area contributed by atoms with Crippen LogP contribution in [0.25, 0.3) is 0 Å². The van der Waals surface area contributed by atoms with Crippen molar-refractivity contribution in [2.75, 3.05) is 0 Å². The van der Waals surface area contributed by atoms with E-state index in [2.05, 4.69) is 31.9 Å². The molecule has 1 aromatic carbocycles. The summed E-state index contributed by atoms with van der Waals surface area (Å²) in [5.74, 6) is 0. The van der Waals surface area contributed by atoms with E-state index in [4.69, 9.17) is 5.73 Å². The lowest BCUT2D eigenvalue weighted by Gasteiger charge is -2.19. The summed E-state index contributed by atoms with van der Waals surface area (Å²) in [5, 5.41) is 9.78. The average Bonchev–Trinajstić information content (AvgIpc) is 2.21. The Hall–Kier alpha value is 0.1000. The minimum Gasteiger partial charge on any atom is -0.391 e. The zero-order chi connectivity index (χ0) is 11.4. The van der Waals surface area contributed by atoms with Gasteiger partial charge in [-0.1, -0.05) is 19.4 Å². The fourth-order valence-electron chi connectivity index (χ4n) is 1.42. The van der Waals surface area contributed by atoms with E-state index >= 15 is 0 Å². The van der Waals surface area contributed by atoms with Gasteiger partial charge in [-0.3, -0.25) is 0 Å². The van der Waals surface area contributed by atoms with Crippen LogP contribution < -0.4 is 5.73 Å². The smallest absolute Gasteiger partial charge is 0.0732 e. The van der Waals surface area contributed by atoms with Crippen molar-refractivity contribution in [3.05, 3.63) is 32.7 Å². The van der Waals surface area contributed by atoms with Gasteiger partial charge in [-0.15, -0.1) is 0 Å². The highest BCUT2D eigenvalue weighted by Gasteiger charge is 2.16. The molecular formula is C11H15Br2NO. The average molecular weight is 337 g/mol. The van der Waals surface area contributed by atoms with Gasteiger partial charge in [-0.25, -0.2) is 0 Å². The quantitative estimate of drug-likeness (QED) is 0.885. The molecule has 1 rings (SSSR count). The van der Waals surface area contributed by atoms with Crippen molar-refractivity contribution in [1.29, 1.82) is 0 Å². The third kappa shape index (κ3) is 3.55. The van der Waals surface area contributed by atoms with Crippen molar-refractivity contribution in [1.82, 2.24) is 0 Å². The number of benzene rings is 1. The lowest BCUT2D eigenvalue weighted by Crippen LogP contribution is -2.25. The summed E-state index contributed by atoms with van der Waals surface area (Å²) >= 11 is 6.81. The first kappa shape index (κ1) is 13.2. The number of nitrogens with two attached hydrogens (primary N) is 1. The van der Waals surface area contributed by atoms with Crippen LogP contribution in [0.5, 0.6) is 0 Å². The SMILES string of the molecule is CCC[C@@H](O)[C@@H](N)c1ccc(Br)c(Br)c1. The summed E-state index contributed by atoms with van der Waals surface area (Å²) in [7, 11) is 0. The molecule has 0 saturated carbocycles. The van der Waals surface area contributed by atoms with Crippen molar-refractivity contribution in [3.63, 3.8) is 0 Å². The highest BCUT2D eigenvalue weighted by atomic mass is 79.9. The zero-order valence-electron chi connectivity index (χ0n) is 8.58. The maximum Gasteiger partial charge on any atom is 0.0732 e. The molecule has 0 saturated heterocycles. The number of aliphatic hydroxyl groups is 1. The van der Waals surface area contributed by atoms with E-state index in [0.717, 1.165) is 27.4 Å². The van der Waals surface area contributed by atoms with Crippen LogP contribution >= 0.6 is 31.9 Å². The Balaban J connectivity index is 2.81. The van der Waals surface area contributed by atoms with E-state index in [1.54, 1.807) is 0 Å². The van der Waals surface area contributed by atoms with Gasteiger partial charge in [0.05, 0.1) is 12.1 Å². The van der Waals surface area contributed by atoms with Gasteiger partial charge in [0, 0.05) is 8.95 Å². The lowest BCUT2D eigenvalue weighted by molar-refractivity contribution is 0.134. The molecule has 0 aliphatic heterocycles. The molecule has 1 aromatic rings. The third-order valence-corrected chi connectivity index (χ3v) is 4.21. The Bertz CT molecular complexity index is 330. The second-order valence-electron chi connectivity index (χ2n) is 3.56. The van der Waals surface area contributed by atoms with Gasteiger partial charge in [0.2, 0.25) is 0 Å². The molecule has 15 heavy (non-hydrogen) atoms. The molecule has 0 radical (unpaired) electrons. The molecule has 4 heteroatoms. The van der Waals surface area contributed by atoms with Gasteiger partial charge < -0.3 is 10.8 Å². The molecule has 84 valence electrons. The first-order chi connectivity index (χ1) is 7.06. The van der Waals surface area contributed by atoms with Crippen molar-refractivity contribution < 1.29 is 5.11 Å². The minimum atomic E-state index is -0.469. The van der Waals surface area contributed by atoms with Crippen LogP contribution in [-0.4, -0.2) is 11.2 Å². The van der Waals surface area contributed by atoms with Crippen LogP contribution in [0.3, 0.4) is 0 Å². The van der Waals surface area contributed by atoms with E-state index in [9.17, 15) is 5.11 Å². The monoisotopic (exact) mass is 335 g/mol. The second-order valence-corrected chi connectivity index (χ2v) is 5.26. The standard InChI is InChI=1S/C11H15Br2NO/c1-2-3-10(15)11(14)7-4-5-8(12)9(13)6-7/h4-6,10-11,15H,2-3,14H2,1H3/t10-,11+/m1/s1. The summed E-state index contributed by atoms with van der Waals surface area (Å²) in [6, 6.07) is 5.48. The number of rotatable bonds is 4. The van der Waals surface area contributed by atoms with E-state index < -0.39 is 6.10 Å². The van der Waals surface area contributed by atoms with Crippen LogP contribution in [0.4, 0.5) is 0 Å². The number of halogens is 2. The zero-order valence-corrected chi connectivity index (χ0v) is 11.8. The van der Waals surface area contributed by atoms with Crippen LogP contribution in [0.15, 0.2) is 27.1 Å². The van der Waals surface area contributed by atoms with Crippen molar-refractivity contribution in [3.8, 4) is 0 Å². The summed E-state index contributed by atoms with van der Waals surface area (Å²) in [6.07, 6.45) is 1.20. The minimum absolute atomic E-state index is 0.311. The van der Waals surface area contributed by atoms with Crippen molar-refractivity contribution in [2.45, 2.75) is 31.9 Å². The number of aliphatic hydroxyl groups excluding tert-OH is 1. The van der Waals surface area contributed by atoms with Crippen LogP contribution in [0, 0.1) is 0 Å². The topological polar surface area (TPSA) is 46.2 Å². The molecule has 0 aliphatic rings. The lowest BCUT2D eigenvalue weighted by atomic mass is 9.99. The fourth-order valence-corrected chi connectivity index (χ4v) is 2.06. The van der Waals surface area contributed by atoms with Crippen LogP contribution in [-0.2, 0) is 0 Å². The molecule has 2 nitrogen and oxygen atoms in total. The maximum absolute atomic E-state index is 9.78. The summed E-state index contributed by atoms with van der Waals surface area (Å²) in [5.41, 5.74) is 6.91. The Morgan fingerprint density at radius 3 is 2.53 bits per heavy atom. The molecule has 0 fully saturated rings. The third-order valence-electron chi connectivity index (χ3n) is 2.33. The highest BCUT2D eigenvalue weighted by molar-refractivity contribution is 9.13. The normalized spacial score (nSPS) is 15.0. The van der Waals surface area contributed by atoms with Gasteiger partial charge >= 0.3 is 0 Å². The van der Waals surface area contributed by atoms with Gasteiger partial charge in [0.1, 0.15) is 0 Å². The van der Waals surface area contributed by atoms with Crippen LogP contribution in [0.2, 0.25) is 0 Å². The Morgan fingerprint density at radius 1 is 1.33 bits per heavy atom. The van der Waals surface area contributed by atoms with E-state index in [1.165, 1.54) is 0 Å². The van der Waals surface area contributed by atoms with Gasteiger partial charge in [-0.2, -0.15) is 0 Å². The second kappa shape index (κ2) is 5.99. The molecular weight excluding hydrogens is 322 g/mol. The first-order valence-electron chi connectivity index (χ1n) is 4.94. The summed E-state index contributed by atoms with van der Waals surface area (Å²) < 4.78 is 1.95. The first-order valence-corrected chi connectivity index (χ1v) is 6.53. The molecule has 0 spiro atoms. The van der Waals surface area contributed by atoms with Gasteiger partial charge in [0.15, 0.2) is 0 Å². The Kier molecular flexibility index (Phi) is 5.26. The molecule has 3 N–H and O–H groups in total. The largest absolute Gasteiger partial charge is 0.391 e. The van der Waals surface area contributed by atoms with E-state index in [0.29, 0.717) is 0 Å². The van der Waals surface area contributed by atoms with E-state index in [1.807, 2.05) is 25.1 Å². The summed E-state index contributed by atoms with van der Waals surface area (Å²) in [6.45, 7) is 2.04. The molecule has 0 heterocycles. The molecule has 0 unspecified atom stereocenters. The van der Waals surface area contributed by atoms with Crippen molar-refractivity contribution in [2.24, 2.45) is 5.73 Å². The predicted octanol–water partition coefficient (Wildman–Crippen LogP) is 3.37. The number of hydrogen-bond donors (Lipinski definition) is 2. The van der Waals surface area contributed by atoms with Gasteiger partial charge in [-0.05, 0) is 56.0 Å². The number of hydrogen-bond acceptors (Lipinski definition) is 2.